The molecule has 0 spiro atoms. The fourth-order valence-corrected chi connectivity index (χ4v) is 3.81. The molecule has 0 radical (unpaired) electrons. The third-order valence-corrected chi connectivity index (χ3v) is 5.41. The third-order valence-electron chi connectivity index (χ3n) is 3.91. The van der Waals surface area contributed by atoms with E-state index in [9.17, 15) is 9.59 Å². The van der Waals surface area contributed by atoms with Crippen molar-refractivity contribution in [2.24, 2.45) is 0 Å². The van der Waals surface area contributed by atoms with E-state index in [1.165, 1.54) is 11.3 Å². The van der Waals surface area contributed by atoms with Crippen molar-refractivity contribution in [1.29, 1.82) is 0 Å². The number of hydrogen-bond acceptors (Lipinski definition) is 5. The van der Waals surface area contributed by atoms with Crippen LogP contribution < -0.4 is 10.1 Å². The number of halogens is 1. The Morgan fingerprint density at radius 1 is 1.11 bits per heavy atom. The number of ether oxygens (including phenoxy) is 2. The van der Waals surface area contributed by atoms with Crippen LogP contribution in [0.3, 0.4) is 0 Å². The second kappa shape index (κ2) is 8.91. The van der Waals surface area contributed by atoms with Crippen LogP contribution in [-0.4, -0.2) is 25.6 Å². The van der Waals surface area contributed by atoms with Crippen LogP contribution in [0.1, 0.15) is 27.0 Å². The van der Waals surface area contributed by atoms with Gasteiger partial charge in [-0.3, -0.25) is 4.79 Å². The van der Waals surface area contributed by atoms with Gasteiger partial charge in [0.1, 0.15) is 10.6 Å². The molecule has 1 aromatic heterocycles. The maximum atomic E-state index is 12.7. The Balaban J connectivity index is 1.98. The number of rotatable bonds is 6. The first-order chi connectivity index (χ1) is 13.5. The lowest BCUT2D eigenvalue weighted by Crippen LogP contribution is -2.14. The third kappa shape index (κ3) is 4.35. The zero-order valence-electron chi connectivity index (χ0n) is 15.3. The van der Waals surface area contributed by atoms with Crippen LogP contribution in [0, 0.1) is 0 Å². The molecule has 2 aromatic carbocycles. The molecule has 0 aliphatic rings. The highest BCUT2D eigenvalue weighted by Gasteiger charge is 2.21. The molecular weight excluding hydrogens is 398 g/mol. The predicted molar refractivity (Wildman–Crippen MR) is 112 cm³/mol. The number of methoxy groups -OCH3 is 1. The molecule has 28 heavy (non-hydrogen) atoms. The van der Waals surface area contributed by atoms with E-state index in [2.05, 4.69) is 5.32 Å². The first-order valence-electron chi connectivity index (χ1n) is 8.54. The van der Waals surface area contributed by atoms with Crippen molar-refractivity contribution in [1.82, 2.24) is 0 Å². The van der Waals surface area contributed by atoms with Crippen LogP contribution in [0.2, 0.25) is 5.02 Å². The molecule has 5 nitrogen and oxygen atoms in total. The Bertz CT molecular complexity index is 1020. The second-order valence-electron chi connectivity index (χ2n) is 5.74. The lowest BCUT2D eigenvalue weighted by Gasteiger charge is -2.07. The molecule has 1 amide bonds. The Morgan fingerprint density at radius 3 is 2.61 bits per heavy atom. The maximum Gasteiger partial charge on any atom is 0.350 e. The van der Waals surface area contributed by atoms with Gasteiger partial charge in [-0.2, -0.15) is 0 Å². The Labute approximate surface area is 171 Å². The summed E-state index contributed by atoms with van der Waals surface area (Å²) >= 11 is 7.35. The summed E-state index contributed by atoms with van der Waals surface area (Å²) in [5.41, 5.74) is 1.58. The first kappa shape index (κ1) is 19.9. The maximum absolute atomic E-state index is 12.7. The highest BCUT2D eigenvalue weighted by atomic mass is 35.5. The van der Waals surface area contributed by atoms with E-state index in [1.54, 1.807) is 44.4 Å². The Morgan fingerprint density at radius 2 is 1.89 bits per heavy atom. The number of hydrogen-bond donors (Lipinski definition) is 1. The van der Waals surface area contributed by atoms with Crippen LogP contribution in [0.15, 0.2) is 54.6 Å². The van der Waals surface area contributed by atoms with Gasteiger partial charge in [0.2, 0.25) is 0 Å². The molecule has 0 unspecified atom stereocenters. The summed E-state index contributed by atoms with van der Waals surface area (Å²) in [6, 6.07) is 15.9. The van der Waals surface area contributed by atoms with Gasteiger partial charge in [-0.1, -0.05) is 35.9 Å². The van der Waals surface area contributed by atoms with E-state index >= 15 is 0 Å². The minimum Gasteiger partial charge on any atom is -0.497 e. The fourth-order valence-electron chi connectivity index (χ4n) is 2.59. The van der Waals surface area contributed by atoms with Crippen molar-refractivity contribution in [3.05, 3.63) is 70.1 Å². The highest BCUT2D eigenvalue weighted by molar-refractivity contribution is 7.18. The van der Waals surface area contributed by atoms with Crippen LogP contribution >= 0.6 is 22.9 Å². The van der Waals surface area contributed by atoms with Crippen molar-refractivity contribution in [3.63, 3.8) is 0 Å². The molecule has 0 atom stereocenters. The number of anilines is 1. The average Bonchev–Trinajstić information content (AvgIpc) is 3.12. The number of benzene rings is 2. The molecule has 0 fully saturated rings. The molecule has 7 heteroatoms. The van der Waals surface area contributed by atoms with Gasteiger partial charge in [0, 0.05) is 4.88 Å². The molecule has 1 N–H and O–H groups in total. The summed E-state index contributed by atoms with van der Waals surface area (Å²) < 4.78 is 10.4. The fraction of sp³-hybridized carbons (Fsp3) is 0.143. The zero-order valence-corrected chi connectivity index (χ0v) is 16.9. The summed E-state index contributed by atoms with van der Waals surface area (Å²) in [6.45, 7) is 1.97. The second-order valence-corrected chi connectivity index (χ2v) is 7.20. The van der Waals surface area contributed by atoms with Crippen molar-refractivity contribution < 1.29 is 19.1 Å². The number of carbonyl (C=O) groups is 2. The number of nitrogens with one attached hydrogen (secondary N) is 1. The van der Waals surface area contributed by atoms with Crippen molar-refractivity contribution >= 4 is 40.5 Å². The summed E-state index contributed by atoms with van der Waals surface area (Å²) in [5, 5.41) is 3.11. The largest absolute Gasteiger partial charge is 0.497 e. The van der Waals surface area contributed by atoms with Crippen molar-refractivity contribution in [3.8, 4) is 16.2 Å². The molecule has 0 aliphatic carbocycles. The molecule has 0 saturated carbocycles. The molecule has 0 aliphatic heterocycles. The molecule has 144 valence electrons. The molecular formula is C21H18ClNO4S. The Hall–Kier alpha value is -2.83. The van der Waals surface area contributed by atoms with E-state index in [0.29, 0.717) is 26.9 Å². The van der Waals surface area contributed by atoms with E-state index in [-0.39, 0.29) is 6.61 Å². The molecule has 3 aromatic rings. The van der Waals surface area contributed by atoms with Gasteiger partial charge in [0.25, 0.3) is 5.91 Å². The predicted octanol–water partition coefficient (Wildman–Crippen LogP) is 5.51. The van der Waals surface area contributed by atoms with E-state index in [1.807, 2.05) is 24.3 Å². The first-order valence-corrected chi connectivity index (χ1v) is 9.74. The Kier molecular flexibility index (Phi) is 6.34. The lowest BCUT2D eigenvalue weighted by atomic mass is 10.1. The average molecular weight is 416 g/mol. The smallest absolute Gasteiger partial charge is 0.350 e. The van der Waals surface area contributed by atoms with Crippen LogP contribution in [0.5, 0.6) is 5.75 Å². The monoisotopic (exact) mass is 415 g/mol. The van der Waals surface area contributed by atoms with Crippen LogP contribution in [0.4, 0.5) is 5.69 Å². The van der Waals surface area contributed by atoms with Gasteiger partial charge >= 0.3 is 5.97 Å². The van der Waals surface area contributed by atoms with Gasteiger partial charge < -0.3 is 14.8 Å². The molecule has 1 heterocycles. The number of thiophene rings is 1. The number of carbonyl (C=O) groups excluding carboxylic acids is 2. The van der Waals surface area contributed by atoms with Crippen LogP contribution in [0.25, 0.3) is 10.4 Å². The van der Waals surface area contributed by atoms with E-state index in [4.69, 9.17) is 21.1 Å². The number of amides is 1. The lowest BCUT2D eigenvalue weighted by molar-refractivity contribution is 0.0533. The van der Waals surface area contributed by atoms with Crippen molar-refractivity contribution in [2.75, 3.05) is 19.0 Å². The summed E-state index contributed by atoms with van der Waals surface area (Å²) in [7, 11) is 1.59. The van der Waals surface area contributed by atoms with Gasteiger partial charge in [-0.15, -0.1) is 11.3 Å². The normalized spacial score (nSPS) is 10.4. The van der Waals surface area contributed by atoms with Gasteiger partial charge in [0.15, 0.2) is 0 Å². The van der Waals surface area contributed by atoms with Gasteiger partial charge in [-0.05, 0) is 42.8 Å². The minimum atomic E-state index is -0.490. The van der Waals surface area contributed by atoms with Crippen LogP contribution in [-0.2, 0) is 4.74 Å². The SMILES string of the molecule is CCOC(=O)c1sc(-c2cccc(OC)c2)cc1NC(=O)c1ccccc1Cl. The highest BCUT2D eigenvalue weighted by Crippen LogP contribution is 2.37. The van der Waals surface area contributed by atoms with E-state index in [0.717, 1.165) is 10.4 Å². The van der Waals surface area contributed by atoms with Gasteiger partial charge in [-0.25, -0.2) is 4.79 Å². The summed E-state index contributed by atoms with van der Waals surface area (Å²) in [6.07, 6.45) is 0. The van der Waals surface area contributed by atoms with Crippen molar-refractivity contribution in [2.45, 2.75) is 6.92 Å². The topological polar surface area (TPSA) is 64.6 Å². The zero-order chi connectivity index (χ0) is 20.1. The summed E-state index contributed by atoms with van der Waals surface area (Å²) in [4.78, 5) is 26.2. The minimum absolute atomic E-state index is 0.239. The number of esters is 1. The van der Waals surface area contributed by atoms with Gasteiger partial charge in [0.05, 0.1) is 30.0 Å². The molecule has 0 bridgehead atoms. The molecule has 3 rings (SSSR count). The standard InChI is InChI=1S/C21H18ClNO4S/c1-3-27-21(25)19-17(23-20(24)15-9-4-5-10-16(15)22)12-18(28-19)13-7-6-8-14(11-13)26-2/h4-12H,3H2,1-2H3,(H,23,24). The van der Waals surface area contributed by atoms with E-state index < -0.39 is 11.9 Å². The quantitative estimate of drug-likeness (QED) is 0.539. The summed E-state index contributed by atoms with van der Waals surface area (Å²) in [5.74, 6) is -0.188. The molecule has 0 saturated heterocycles.